The van der Waals surface area contributed by atoms with Crippen molar-refractivity contribution in [3.05, 3.63) is 28.4 Å². The lowest BCUT2D eigenvalue weighted by Crippen LogP contribution is -2.31. The van der Waals surface area contributed by atoms with Crippen LogP contribution in [0.4, 0.5) is 5.82 Å². The first kappa shape index (κ1) is 13.1. The van der Waals surface area contributed by atoms with E-state index in [0.29, 0.717) is 0 Å². The van der Waals surface area contributed by atoms with Gasteiger partial charge in [-0.2, -0.15) is 4.72 Å². The number of rotatable bonds is 4. The van der Waals surface area contributed by atoms with Gasteiger partial charge in [-0.3, -0.25) is 0 Å². The van der Waals surface area contributed by atoms with Gasteiger partial charge in [-0.05, 0) is 22.9 Å². The molecule has 1 heterocycles. The van der Waals surface area contributed by atoms with Crippen LogP contribution in [-0.4, -0.2) is 24.4 Å². The SMILES string of the molecule is C#CC(C)NS(=O)(=O)c1ccc([N+](=O)[O-])nc1. The largest absolute Gasteiger partial charge is 0.363 e. The van der Waals surface area contributed by atoms with E-state index in [4.69, 9.17) is 6.42 Å². The summed E-state index contributed by atoms with van der Waals surface area (Å²) in [6.45, 7) is 1.50. The number of terminal acetylenes is 1. The van der Waals surface area contributed by atoms with Gasteiger partial charge in [0.15, 0.2) is 6.20 Å². The molecule has 7 nitrogen and oxygen atoms in total. The van der Waals surface area contributed by atoms with E-state index >= 15 is 0 Å². The fourth-order valence-corrected chi connectivity index (χ4v) is 2.08. The molecule has 0 aromatic carbocycles. The van der Waals surface area contributed by atoms with Gasteiger partial charge in [0.05, 0.1) is 6.04 Å². The maximum atomic E-state index is 11.7. The van der Waals surface area contributed by atoms with Gasteiger partial charge < -0.3 is 10.1 Å². The summed E-state index contributed by atoms with van der Waals surface area (Å²) in [6, 6.07) is 1.43. The van der Waals surface area contributed by atoms with E-state index in [1.807, 2.05) is 0 Å². The van der Waals surface area contributed by atoms with Crippen LogP contribution in [0.5, 0.6) is 0 Å². The second-order valence-electron chi connectivity index (χ2n) is 3.12. The smallest absolute Gasteiger partial charge is 0.358 e. The van der Waals surface area contributed by atoms with Crippen molar-refractivity contribution in [2.75, 3.05) is 0 Å². The van der Waals surface area contributed by atoms with Crippen LogP contribution in [0.25, 0.3) is 0 Å². The zero-order valence-electron chi connectivity index (χ0n) is 8.82. The van der Waals surface area contributed by atoms with Crippen LogP contribution in [0.2, 0.25) is 0 Å². The molecule has 1 atom stereocenters. The molecule has 1 aromatic rings. The van der Waals surface area contributed by atoms with E-state index in [2.05, 4.69) is 15.6 Å². The summed E-state index contributed by atoms with van der Waals surface area (Å²) in [6.07, 6.45) is 5.95. The van der Waals surface area contributed by atoms with Crippen molar-refractivity contribution in [1.29, 1.82) is 0 Å². The number of hydrogen-bond acceptors (Lipinski definition) is 5. The minimum atomic E-state index is -3.79. The zero-order valence-corrected chi connectivity index (χ0v) is 9.64. The molecule has 0 aliphatic carbocycles. The molecule has 1 aromatic heterocycles. The second-order valence-corrected chi connectivity index (χ2v) is 4.83. The predicted molar refractivity (Wildman–Crippen MR) is 59.5 cm³/mol. The maximum absolute atomic E-state index is 11.7. The van der Waals surface area contributed by atoms with Gasteiger partial charge in [-0.25, -0.2) is 8.42 Å². The van der Waals surface area contributed by atoms with Crippen molar-refractivity contribution in [1.82, 2.24) is 9.71 Å². The van der Waals surface area contributed by atoms with Crippen molar-refractivity contribution in [3.63, 3.8) is 0 Å². The lowest BCUT2D eigenvalue weighted by molar-refractivity contribution is -0.389. The summed E-state index contributed by atoms with van der Waals surface area (Å²) in [5.41, 5.74) is 0. The maximum Gasteiger partial charge on any atom is 0.363 e. The predicted octanol–water partition coefficient (Wildman–Crippen LogP) is 0.290. The Morgan fingerprint density at radius 2 is 2.24 bits per heavy atom. The Hall–Kier alpha value is -1.98. The Morgan fingerprint density at radius 1 is 1.59 bits per heavy atom. The summed E-state index contributed by atoms with van der Waals surface area (Å²) in [7, 11) is -3.79. The summed E-state index contributed by atoms with van der Waals surface area (Å²) in [4.78, 5) is 12.9. The Morgan fingerprint density at radius 3 is 2.65 bits per heavy atom. The van der Waals surface area contributed by atoms with Gasteiger partial charge in [0, 0.05) is 6.07 Å². The summed E-state index contributed by atoms with van der Waals surface area (Å²) in [5.74, 6) is 1.78. The first-order valence-electron chi connectivity index (χ1n) is 4.45. The third kappa shape index (κ3) is 3.24. The summed E-state index contributed by atoms with van der Waals surface area (Å²) >= 11 is 0. The molecule has 0 saturated heterocycles. The fraction of sp³-hybridized carbons (Fsp3) is 0.222. The monoisotopic (exact) mass is 255 g/mol. The molecule has 0 aliphatic heterocycles. The molecule has 1 rings (SSSR count). The van der Waals surface area contributed by atoms with E-state index in [9.17, 15) is 18.5 Å². The van der Waals surface area contributed by atoms with Gasteiger partial charge in [0.25, 0.3) is 0 Å². The molecule has 1 unspecified atom stereocenters. The zero-order chi connectivity index (χ0) is 13.1. The Kier molecular flexibility index (Phi) is 3.77. The second kappa shape index (κ2) is 4.90. The van der Waals surface area contributed by atoms with Gasteiger partial charge in [-0.1, -0.05) is 5.92 Å². The number of pyridine rings is 1. The van der Waals surface area contributed by atoms with E-state index in [-0.39, 0.29) is 4.90 Å². The molecule has 0 bridgehead atoms. The lowest BCUT2D eigenvalue weighted by Gasteiger charge is -2.07. The van der Waals surface area contributed by atoms with Crippen molar-refractivity contribution < 1.29 is 13.3 Å². The van der Waals surface area contributed by atoms with Crippen molar-refractivity contribution >= 4 is 15.8 Å². The number of nitro groups is 1. The van der Waals surface area contributed by atoms with Gasteiger partial charge in [0.2, 0.25) is 10.0 Å². The Bertz CT molecular complexity index is 559. The molecule has 0 amide bonds. The lowest BCUT2D eigenvalue weighted by atomic mass is 10.4. The van der Waals surface area contributed by atoms with Gasteiger partial charge in [0.1, 0.15) is 4.90 Å². The fourth-order valence-electron chi connectivity index (χ4n) is 0.974. The van der Waals surface area contributed by atoms with E-state index in [1.165, 1.54) is 6.92 Å². The number of aromatic nitrogens is 1. The molecule has 0 aliphatic rings. The molecule has 17 heavy (non-hydrogen) atoms. The molecule has 0 saturated carbocycles. The topological polar surface area (TPSA) is 102 Å². The normalized spacial score (nSPS) is 12.7. The van der Waals surface area contributed by atoms with Gasteiger partial charge >= 0.3 is 5.82 Å². The first-order valence-corrected chi connectivity index (χ1v) is 5.94. The summed E-state index contributed by atoms with van der Waals surface area (Å²) < 4.78 is 25.5. The van der Waals surface area contributed by atoms with E-state index in [0.717, 1.165) is 18.3 Å². The molecule has 1 N–H and O–H groups in total. The highest BCUT2D eigenvalue weighted by Crippen LogP contribution is 2.12. The number of nitrogens with zero attached hydrogens (tertiary/aromatic N) is 2. The van der Waals surface area contributed by atoms with E-state index in [1.54, 1.807) is 0 Å². The number of nitrogens with one attached hydrogen (secondary N) is 1. The van der Waals surface area contributed by atoms with Crippen LogP contribution >= 0.6 is 0 Å². The number of sulfonamides is 1. The highest BCUT2D eigenvalue weighted by molar-refractivity contribution is 7.89. The molecule has 0 radical (unpaired) electrons. The Balaban J connectivity index is 3.01. The molecule has 0 spiro atoms. The third-order valence-electron chi connectivity index (χ3n) is 1.80. The van der Waals surface area contributed by atoms with Crippen molar-refractivity contribution in [2.24, 2.45) is 0 Å². The van der Waals surface area contributed by atoms with Crippen molar-refractivity contribution in [3.8, 4) is 12.3 Å². The highest BCUT2D eigenvalue weighted by Gasteiger charge is 2.19. The standard InChI is InChI=1S/C9H9N3O4S/c1-3-7(2)11-17(15,16)8-4-5-9(10-6-8)12(13)14/h1,4-7,11H,2H3. The molecular weight excluding hydrogens is 246 g/mol. The molecule has 90 valence electrons. The van der Waals surface area contributed by atoms with Crippen LogP contribution in [0.3, 0.4) is 0 Å². The van der Waals surface area contributed by atoms with Gasteiger partial charge in [-0.15, -0.1) is 6.42 Å². The minimum absolute atomic E-state index is 0.176. The van der Waals surface area contributed by atoms with Crippen LogP contribution in [-0.2, 0) is 10.0 Å². The summed E-state index contributed by atoms with van der Waals surface area (Å²) in [5, 5.41) is 10.3. The van der Waals surface area contributed by atoms with Crippen LogP contribution < -0.4 is 4.72 Å². The van der Waals surface area contributed by atoms with Crippen LogP contribution in [0, 0.1) is 22.5 Å². The Labute approximate surface area is 98.1 Å². The highest BCUT2D eigenvalue weighted by atomic mass is 32.2. The first-order chi connectivity index (χ1) is 7.86. The third-order valence-corrected chi connectivity index (χ3v) is 3.33. The molecule has 8 heteroatoms. The average Bonchev–Trinajstić information content (AvgIpc) is 2.28. The quantitative estimate of drug-likeness (QED) is 0.473. The molecular formula is C9H9N3O4S. The minimum Gasteiger partial charge on any atom is -0.358 e. The molecule has 0 fully saturated rings. The van der Waals surface area contributed by atoms with Crippen LogP contribution in [0.15, 0.2) is 23.2 Å². The van der Waals surface area contributed by atoms with E-state index < -0.39 is 26.8 Å². The van der Waals surface area contributed by atoms with Crippen LogP contribution in [0.1, 0.15) is 6.92 Å². The average molecular weight is 255 g/mol. The van der Waals surface area contributed by atoms with Crippen molar-refractivity contribution in [2.45, 2.75) is 17.9 Å². The number of hydrogen-bond donors (Lipinski definition) is 1.